The largest absolute Gasteiger partial charge is 0.447 e. The first-order valence-corrected chi connectivity index (χ1v) is 10.2. The first kappa shape index (κ1) is 22.0. The number of benzene rings is 2. The second-order valence-electron chi connectivity index (χ2n) is 6.30. The van der Waals surface area contributed by atoms with Crippen molar-refractivity contribution in [2.24, 2.45) is 0 Å². The average Bonchev–Trinajstić information content (AvgIpc) is 3.30. The van der Waals surface area contributed by atoms with Gasteiger partial charge in [-0.2, -0.15) is 0 Å². The van der Waals surface area contributed by atoms with Crippen LogP contribution in [0.1, 0.15) is 20.0 Å². The van der Waals surface area contributed by atoms with Crippen molar-refractivity contribution >= 4 is 46.3 Å². The van der Waals surface area contributed by atoms with Crippen LogP contribution in [-0.2, 0) is 9.47 Å². The van der Waals surface area contributed by atoms with Crippen LogP contribution in [0.2, 0.25) is 0 Å². The predicted octanol–water partition coefficient (Wildman–Crippen LogP) is 4.45. The van der Waals surface area contributed by atoms with E-state index in [1.807, 2.05) is 11.4 Å². The number of rotatable bonds is 8. The molecule has 3 amide bonds. The Balaban J connectivity index is 1.56. The monoisotopic (exact) mass is 439 g/mol. The molecule has 0 aliphatic carbocycles. The van der Waals surface area contributed by atoms with Crippen LogP contribution in [0.25, 0.3) is 0 Å². The summed E-state index contributed by atoms with van der Waals surface area (Å²) in [5.41, 5.74) is 2.00. The first-order chi connectivity index (χ1) is 15.0. The lowest BCUT2D eigenvalue weighted by atomic mass is 10.2. The molecule has 1 aromatic heterocycles. The van der Waals surface area contributed by atoms with E-state index in [9.17, 15) is 14.4 Å². The van der Waals surface area contributed by atoms with Crippen LogP contribution < -0.4 is 16.0 Å². The summed E-state index contributed by atoms with van der Waals surface area (Å²) in [7, 11) is 1.52. The predicted molar refractivity (Wildman–Crippen MR) is 120 cm³/mol. The zero-order chi connectivity index (χ0) is 22.1. The SMILES string of the molecule is COCCOC(=O)Nc1cccc(NC(=O)c2ccc(NC(=O)c3cccs3)cc2)c1. The summed E-state index contributed by atoms with van der Waals surface area (Å²) in [6.45, 7) is 0.447. The highest BCUT2D eigenvalue weighted by Crippen LogP contribution is 2.18. The molecule has 2 aromatic carbocycles. The van der Waals surface area contributed by atoms with E-state index in [0.717, 1.165) is 0 Å². The third kappa shape index (κ3) is 6.66. The number of hydrogen-bond donors (Lipinski definition) is 3. The molecule has 0 fully saturated rings. The summed E-state index contributed by atoms with van der Waals surface area (Å²) in [5, 5.41) is 9.97. The summed E-state index contributed by atoms with van der Waals surface area (Å²) < 4.78 is 9.76. The van der Waals surface area contributed by atoms with Crippen molar-refractivity contribution in [2.75, 3.05) is 36.3 Å². The maximum absolute atomic E-state index is 12.5. The molecule has 31 heavy (non-hydrogen) atoms. The lowest BCUT2D eigenvalue weighted by molar-refractivity contribution is 0.102. The molecule has 0 bridgehead atoms. The van der Waals surface area contributed by atoms with Crippen molar-refractivity contribution in [1.29, 1.82) is 0 Å². The molecule has 0 aliphatic heterocycles. The molecule has 0 spiro atoms. The van der Waals surface area contributed by atoms with Gasteiger partial charge in [0.25, 0.3) is 11.8 Å². The number of hydrogen-bond acceptors (Lipinski definition) is 6. The molecular formula is C22H21N3O5S. The normalized spacial score (nSPS) is 10.2. The summed E-state index contributed by atoms with van der Waals surface area (Å²) in [5.74, 6) is -0.520. The van der Waals surface area contributed by atoms with E-state index in [1.165, 1.54) is 18.4 Å². The molecule has 9 heteroatoms. The first-order valence-electron chi connectivity index (χ1n) is 9.34. The highest BCUT2D eigenvalue weighted by molar-refractivity contribution is 7.12. The minimum atomic E-state index is -0.610. The van der Waals surface area contributed by atoms with Gasteiger partial charge in [0.1, 0.15) is 6.61 Å². The number of anilines is 3. The van der Waals surface area contributed by atoms with Crippen molar-refractivity contribution in [3.63, 3.8) is 0 Å². The van der Waals surface area contributed by atoms with Crippen LogP contribution in [0.3, 0.4) is 0 Å². The van der Waals surface area contributed by atoms with E-state index in [1.54, 1.807) is 54.6 Å². The molecule has 3 N–H and O–H groups in total. The third-order valence-corrected chi connectivity index (χ3v) is 4.91. The number of thiophene rings is 1. The zero-order valence-electron chi connectivity index (χ0n) is 16.7. The Morgan fingerprint density at radius 1 is 0.806 bits per heavy atom. The maximum Gasteiger partial charge on any atom is 0.411 e. The van der Waals surface area contributed by atoms with Crippen LogP contribution in [0, 0.1) is 0 Å². The van der Waals surface area contributed by atoms with Gasteiger partial charge in [-0.15, -0.1) is 11.3 Å². The molecule has 3 rings (SSSR count). The Morgan fingerprint density at radius 3 is 2.19 bits per heavy atom. The fraction of sp³-hybridized carbons (Fsp3) is 0.136. The van der Waals surface area contributed by atoms with Crippen LogP contribution in [-0.4, -0.2) is 38.2 Å². The van der Waals surface area contributed by atoms with Gasteiger partial charge in [-0.05, 0) is 53.9 Å². The Morgan fingerprint density at radius 2 is 1.52 bits per heavy atom. The number of ether oxygens (including phenoxy) is 2. The molecule has 0 unspecified atom stereocenters. The van der Waals surface area contributed by atoms with Crippen molar-refractivity contribution in [3.8, 4) is 0 Å². The smallest absolute Gasteiger partial charge is 0.411 e. The maximum atomic E-state index is 12.5. The average molecular weight is 439 g/mol. The minimum absolute atomic E-state index is 0.141. The number of nitrogens with one attached hydrogen (secondary N) is 3. The lowest BCUT2D eigenvalue weighted by Gasteiger charge is -2.10. The molecule has 0 radical (unpaired) electrons. The van der Waals surface area contributed by atoms with Crippen molar-refractivity contribution < 1.29 is 23.9 Å². The summed E-state index contributed by atoms with van der Waals surface area (Å²) in [4.78, 5) is 36.9. The molecule has 0 aliphatic rings. The zero-order valence-corrected chi connectivity index (χ0v) is 17.5. The van der Waals surface area contributed by atoms with Gasteiger partial charge in [0, 0.05) is 29.7 Å². The van der Waals surface area contributed by atoms with E-state index in [0.29, 0.717) is 34.1 Å². The minimum Gasteiger partial charge on any atom is -0.447 e. The van der Waals surface area contributed by atoms with E-state index in [-0.39, 0.29) is 18.4 Å². The molecule has 0 saturated carbocycles. The van der Waals surface area contributed by atoms with E-state index >= 15 is 0 Å². The summed E-state index contributed by atoms with van der Waals surface area (Å²) in [6.07, 6.45) is -0.610. The molecule has 160 valence electrons. The van der Waals surface area contributed by atoms with E-state index in [4.69, 9.17) is 9.47 Å². The second kappa shape index (κ2) is 10.9. The number of carbonyl (C=O) groups is 3. The fourth-order valence-corrected chi connectivity index (χ4v) is 3.17. The lowest BCUT2D eigenvalue weighted by Crippen LogP contribution is -2.17. The fourth-order valence-electron chi connectivity index (χ4n) is 2.55. The molecule has 1 heterocycles. The van der Waals surface area contributed by atoms with Crippen molar-refractivity contribution in [1.82, 2.24) is 0 Å². The quantitative estimate of drug-likeness (QED) is 0.450. The number of carbonyl (C=O) groups excluding carboxylic acids is 3. The van der Waals surface area contributed by atoms with Gasteiger partial charge in [-0.25, -0.2) is 4.79 Å². The van der Waals surface area contributed by atoms with Crippen molar-refractivity contribution in [2.45, 2.75) is 0 Å². The van der Waals surface area contributed by atoms with Crippen LogP contribution in [0.15, 0.2) is 66.0 Å². The molecular weight excluding hydrogens is 418 g/mol. The molecule has 0 saturated heterocycles. The number of amides is 3. The van der Waals surface area contributed by atoms with Crippen LogP contribution >= 0.6 is 11.3 Å². The third-order valence-electron chi connectivity index (χ3n) is 4.04. The van der Waals surface area contributed by atoms with Gasteiger partial charge >= 0.3 is 6.09 Å². The standard InChI is InChI=1S/C22H21N3O5S/c1-29-11-12-30-22(28)25-18-5-2-4-17(14-18)24-20(26)15-7-9-16(10-8-15)23-21(27)19-6-3-13-31-19/h2-10,13-14H,11-12H2,1H3,(H,23,27)(H,24,26)(H,25,28). The van der Waals surface area contributed by atoms with Gasteiger partial charge in [0.05, 0.1) is 11.5 Å². The van der Waals surface area contributed by atoms with Gasteiger partial charge in [0.2, 0.25) is 0 Å². The highest BCUT2D eigenvalue weighted by Gasteiger charge is 2.10. The Bertz CT molecular complexity index is 1040. The van der Waals surface area contributed by atoms with E-state index in [2.05, 4.69) is 16.0 Å². The second-order valence-corrected chi connectivity index (χ2v) is 7.25. The Labute approximate surface area is 183 Å². The highest BCUT2D eigenvalue weighted by atomic mass is 32.1. The molecule has 3 aromatic rings. The summed E-state index contributed by atoms with van der Waals surface area (Å²) in [6, 6.07) is 16.8. The van der Waals surface area contributed by atoms with E-state index < -0.39 is 6.09 Å². The van der Waals surface area contributed by atoms with Gasteiger partial charge in [0.15, 0.2) is 0 Å². The van der Waals surface area contributed by atoms with Gasteiger partial charge in [-0.1, -0.05) is 12.1 Å². The number of methoxy groups -OCH3 is 1. The summed E-state index contributed by atoms with van der Waals surface area (Å²) >= 11 is 1.35. The van der Waals surface area contributed by atoms with Gasteiger partial charge in [-0.3, -0.25) is 14.9 Å². The molecule has 8 nitrogen and oxygen atoms in total. The Hall–Kier alpha value is -3.69. The van der Waals surface area contributed by atoms with Crippen LogP contribution in [0.5, 0.6) is 0 Å². The van der Waals surface area contributed by atoms with Crippen molar-refractivity contribution in [3.05, 3.63) is 76.5 Å². The topological polar surface area (TPSA) is 106 Å². The Kier molecular flexibility index (Phi) is 7.74. The molecule has 0 atom stereocenters. The van der Waals surface area contributed by atoms with Gasteiger partial charge < -0.3 is 20.1 Å². The van der Waals surface area contributed by atoms with Crippen LogP contribution in [0.4, 0.5) is 21.9 Å².